The summed E-state index contributed by atoms with van der Waals surface area (Å²) in [6.07, 6.45) is 2.78. The van der Waals surface area contributed by atoms with Crippen molar-refractivity contribution in [2.24, 2.45) is 11.8 Å². The number of fused-ring (bicyclic) bond motifs is 1. The van der Waals surface area contributed by atoms with Gasteiger partial charge in [0.1, 0.15) is 0 Å². The molecule has 0 aromatic heterocycles. The van der Waals surface area contributed by atoms with E-state index in [0.29, 0.717) is 24.2 Å². The van der Waals surface area contributed by atoms with Crippen LogP contribution < -0.4 is 0 Å². The summed E-state index contributed by atoms with van der Waals surface area (Å²) in [5, 5.41) is 7.12. The maximum absolute atomic E-state index is 10.6. The second kappa shape index (κ2) is 11.8. The Kier molecular flexibility index (Phi) is 9.39. The molecule has 0 amide bonds. The molecule has 1 unspecified atom stereocenters. The highest BCUT2D eigenvalue weighted by molar-refractivity contribution is 5.73. The van der Waals surface area contributed by atoms with Gasteiger partial charge in [0.2, 0.25) is 0 Å². The van der Waals surface area contributed by atoms with Crippen LogP contribution in [0.15, 0.2) is 0 Å². The van der Waals surface area contributed by atoms with E-state index >= 15 is 0 Å². The van der Waals surface area contributed by atoms with Gasteiger partial charge in [0.05, 0.1) is 25.4 Å². The van der Waals surface area contributed by atoms with Crippen LogP contribution in [0.2, 0.25) is 0 Å². The summed E-state index contributed by atoms with van der Waals surface area (Å²) in [5.41, 5.74) is 0. The lowest BCUT2D eigenvalue weighted by Crippen LogP contribution is -2.45. The lowest BCUT2D eigenvalue weighted by molar-refractivity contribution is -0.192. The molecule has 0 spiro atoms. The van der Waals surface area contributed by atoms with E-state index in [1.807, 2.05) is 0 Å². The fourth-order valence-electron chi connectivity index (χ4n) is 4.77. The minimum atomic E-state index is -5.08. The highest BCUT2D eigenvalue weighted by Crippen LogP contribution is 2.33. The van der Waals surface area contributed by atoms with Gasteiger partial charge in [0.25, 0.3) is 0 Å². The number of carbonyl (C=O) groups is 1. The van der Waals surface area contributed by atoms with Crippen molar-refractivity contribution in [3.05, 3.63) is 0 Å². The van der Waals surface area contributed by atoms with Crippen LogP contribution in [0.4, 0.5) is 13.2 Å². The molecule has 1 N–H and O–H groups in total. The van der Waals surface area contributed by atoms with E-state index in [1.54, 1.807) is 0 Å². The van der Waals surface area contributed by atoms with Crippen LogP contribution in [-0.4, -0.2) is 93.1 Å². The zero-order valence-electron chi connectivity index (χ0n) is 17.9. The topological polar surface area (TPSA) is 77.5 Å². The number of alkyl halides is 3. The fraction of sp³-hybridized carbons (Fsp3) is 0.952. The number of likely N-dealkylation sites (tertiary alicyclic amines) is 1. The maximum Gasteiger partial charge on any atom is 0.490 e. The largest absolute Gasteiger partial charge is 0.490 e. The monoisotopic (exact) mass is 453 g/mol. The van der Waals surface area contributed by atoms with E-state index < -0.39 is 12.1 Å². The summed E-state index contributed by atoms with van der Waals surface area (Å²) in [4.78, 5) is 11.6. The number of hydrogen-bond donors (Lipinski definition) is 1. The average molecular weight is 453 g/mol. The molecular formula is C21H34F3NO6. The Morgan fingerprint density at radius 2 is 1.65 bits per heavy atom. The van der Waals surface area contributed by atoms with E-state index in [9.17, 15) is 13.2 Å². The zero-order valence-corrected chi connectivity index (χ0v) is 17.9. The third-order valence-corrected chi connectivity index (χ3v) is 6.51. The zero-order chi connectivity index (χ0) is 22.3. The number of carboxylic acid groups (broad SMARTS) is 1. The van der Waals surface area contributed by atoms with Gasteiger partial charge in [-0.15, -0.1) is 0 Å². The van der Waals surface area contributed by atoms with Crippen molar-refractivity contribution in [3.8, 4) is 0 Å². The van der Waals surface area contributed by atoms with Crippen molar-refractivity contribution in [1.29, 1.82) is 0 Å². The molecule has 180 valence electrons. The summed E-state index contributed by atoms with van der Waals surface area (Å²) in [5.74, 6) is -1.33. The van der Waals surface area contributed by atoms with Crippen LogP contribution >= 0.6 is 0 Å². The summed E-state index contributed by atoms with van der Waals surface area (Å²) in [6.45, 7) is 7.77. The molecule has 4 saturated heterocycles. The molecule has 4 aliphatic heterocycles. The molecule has 4 fully saturated rings. The quantitative estimate of drug-likeness (QED) is 0.663. The van der Waals surface area contributed by atoms with Crippen LogP contribution in [0.1, 0.15) is 38.5 Å². The summed E-state index contributed by atoms with van der Waals surface area (Å²) < 4.78 is 55.0. The predicted octanol–water partition coefficient (Wildman–Crippen LogP) is 2.72. The average Bonchev–Trinajstić information content (AvgIpc) is 3.39. The number of halogens is 3. The lowest BCUT2D eigenvalue weighted by Gasteiger charge is -2.36. The smallest absolute Gasteiger partial charge is 0.475 e. The van der Waals surface area contributed by atoms with Crippen molar-refractivity contribution in [2.75, 3.05) is 52.7 Å². The molecule has 31 heavy (non-hydrogen) atoms. The molecule has 7 nitrogen and oxygen atoms in total. The van der Waals surface area contributed by atoms with Gasteiger partial charge in [0, 0.05) is 45.6 Å². The first-order chi connectivity index (χ1) is 14.8. The third kappa shape index (κ3) is 7.85. The Morgan fingerprint density at radius 3 is 2.29 bits per heavy atom. The number of carboxylic acids is 1. The van der Waals surface area contributed by atoms with Crippen molar-refractivity contribution in [2.45, 2.75) is 63.0 Å². The molecule has 0 aliphatic carbocycles. The molecule has 0 aromatic rings. The van der Waals surface area contributed by atoms with Crippen molar-refractivity contribution in [1.82, 2.24) is 4.90 Å². The van der Waals surface area contributed by atoms with E-state index in [4.69, 9.17) is 28.8 Å². The van der Waals surface area contributed by atoms with Crippen LogP contribution in [0.5, 0.6) is 0 Å². The molecule has 0 saturated carbocycles. The van der Waals surface area contributed by atoms with Gasteiger partial charge in [-0.25, -0.2) is 4.79 Å². The third-order valence-electron chi connectivity index (χ3n) is 6.51. The Balaban J connectivity index is 0.000000339. The molecule has 10 heteroatoms. The maximum atomic E-state index is 10.6. The Morgan fingerprint density at radius 1 is 0.968 bits per heavy atom. The second-order valence-electron chi connectivity index (χ2n) is 8.85. The standard InChI is InChI=1S/C19H33NO4.C2HF3O2/c1-2-18-19(3-7-20(18)11-16-6-10-22-13-16)24-17(1)14-23-12-15-4-8-21-9-5-15;3-2(4,5)1(6)7/h15-19H,1-14H2;(H,6,7)/t16?,17-,18-,19-;/m0./s1. The van der Waals surface area contributed by atoms with Gasteiger partial charge in [0.15, 0.2) is 0 Å². The van der Waals surface area contributed by atoms with Crippen molar-refractivity contribution in [3.63, 3.8) is 0 Å². The van der Waals surface area contributed by atoms with Gasteiger partial charge < -0.3 is 24.1 Å². The Labute approximate surface area is 181 Å². The molecular weight excluding hydrogens is 419 g/mol. The first kappa shape index (κ1) is 24.7. The predicted molar refractivity (Wildman–Crippen MR) is 105 cm³/mol. The van der Waals surface area contributed by atoms with Gasteiger partial charge in [-0.2, -0.15) is 13.2 Å². The first-order valence-corrected chi connectivity index (χ1v) is 11.3. The molecule has 0 aromatic carbocycles. The van der Waals surface area contributed by atoms with Crippen LogP contribution in [0.25, 0.3) is 0 Å². The summed E-state index contributed by atoms with van der Waals surface area (Å²) >= 11 is 0. The van der Waals surface area contributed by atoms with Gasteiger partial charge in [-0.1, -0.05) is 0 Å². The molecule has 4 heterocycles. The van der Waals surface area contributed by atoms with Crippen LogP contribution in [-0.2, 0) is 23.7 Å². The molecule has 4 atom stereocenters. The number of aliphatic carboxylic acids is 1. The normalized spacial score (nSPS) is 32.4. The van der Waals surface area contributed by atoms with E-state index in [-0.39, 0.29) is 0 Å². The highest BCUT2D eigenvalue weighted by Gasteiger charge is 2.40. The van der Waals surface area contributed by atoms with Crippen LogP contribution in [0, 0.1) is 11.8 Å². The number of ether oxygens (including phenoxy) is 4. The summed E-state index contributed by atoms with van der Waals surface area (Å²) in [7, 11) is 0. The minimum Gasteiger partial charge on any atom is -0.475 e. The van der Waals surface area contributed by atoms with Crippen molar-refractivity contribution >= 4 is 5.97 Å². The Bertz CT molecular complexity index is 552. The van der Waals surface area contributed by atoms with Gasteiger partial charge in [-0.05, 0) is 50.4 Å². The minimum absolute atomic E-state index is 0.306. The number of nitrogens with zero attached hydrogens (tertiary/aromatic N) is 1. The molecule has 0 bridgehead atoms. The van der Waals surface area contributed by atoms with Crippen molar-refractivity contribution < 1.29 is 42.0 Å². The molecule has 4 rings (SSSR count). The second-order valence-corrected chi connectivity index (χ2v) is 8.85. The van der Waals surface area contributed by atoms with E-state index in [0.717, 1.165) is 64.8 Å². The van der Waals surface area contributed by atoms with E-state index in [2.05, 4.69) is 4.90 Å². The first-order valence-electron chi connectivity index (χ1n) is 11.3. The number of hydrogen-bond acceptors (Lipinski definition) is 6. The SMILES string of the molecule is C1CC(COC[C@@H]2CC[C@H]3[C@H](CCN3CC3CCOC3)O2)CCO1.O=C(O)C(F)(F)F. The lowest BCUT2D eigenvalue weighted by atomic mass is 9.98. The van der Waals surface area contributed by atoms with E-state index in [1.165, 1.54) is 32.4 Å². The van der Waals surface area contributed by atoms with Gasteiger partial charge >= 0.3 is 12.1 Å². The molecule has 0 radical (unpaired) electrons. The number of rotatable bonds is 6. The Hall–Kier alpha value is -0.940. The van der Waals surface area contributed by atoms with Crippen LogP contribution in [0.3, 0.4) is 0 Å². The highest BCUT2D eigenvalue weighted by atomic mass is 19.4. The van der Waals surface area contributed by atoms with Gasteiger partial charge in [-0.3, -0.25) is 4.90 Å². The fourth-order valence-corrected chi connectivity index (χ4v) is 4.77. The molecule has 4 aliphatic rings. The summed E-state index contributed by atoms with van der Waals surface area (Å²) in [6, 6.07) is 0.636.